The van der Waals surface area contributed by atoms with Crippen LogP contribution in [0.15, 0.2) is 103 Å². The van der Waals surface area contributed by atoms with Crippen molar-refractivity contribution in [3.05, 3.63) is 141 Å². The van der Waals surface area contributed by atoms with E-state index in [-0.39, 0.29) is 37.6 Å². The molecule has 0 radical (unpaired) electrons. The largest absolute Gasteiger partial charge is 0.461 e. The molecule has 0 aliphatic carbocycles. The molecular weight excluding hydrogens is 930 g/mol. The fraction of sp³-hybridized carbons (Fsp3) is 0.375. The Kier molecular flexibility index (Phi) is 29.2. The van der Waals surface area contributed by atoms with E-state index in [1.54, 1.807) is 28.4 Å². The molecule has 0 bridgehead atoms. The van der Waals surface area contributed by atoms with Crippen molar-refractivity contribution in [2.75, 3.05) is 61.7 Å². The smallest absolute Gasteiger partial charge is 0.404 e. The molecule has 2 aromatic heterocycles. The number of esters is 1. The van der Waals surface area contributed by atoms with E-state index in [4.69, 9.17) is 70.0 Å². The van der Waals surface area contributed by atoms with E-state index < -0.39 is 5.43 Å². The van der Waals surface area contributed by atoms with Crippen molar-refractivity contribution in [2.24, 2.45) is 11.5 Å². The number of hydrogen-bond acceptors (Lipinski definition) is 12. The molecule has 8 N–H and O–H groups in total. The zero-order chi connectivity index (χ0) is 47.4. The number of H-pyrrole nitrogens is 2. The van der Waals surface area contributed by atoms with Gasteiger partial charge in [-0.3, -0.25) is 4.79 Å². The van der Waals surface area contributed by atoms with Gasteiger partial charge in [0.15, 0.2) is 12.6 Å². The maximum Gasteiger partial charge on any atom is 0.404 e. The first-order chi connectivity index (χ1) is 31.5. The molecule has 0 saturated heterocycles. The van der Waals surface area contributed by atoms with Gasteiger partial charge in [-0.2, -0.15) is 0 Å². The highest BCUT2D eigenvalue weighted by Crippen LogP contribution is 2.31. The number of methoxy groups -OCH3 is 4. The topological polar surface area (TPSA) is 197 Å². The van der Waals surface area contributed by atoms with Gasteiger partial charge < -0.3 is 60.5 Å². The van der Waals surface area contributed by atoms with Gasteiger partial charge in [0.1, 0.15) is 13.2 Å². The minimum Gasteiger partial charge on any atom is -0.461 e. The summed E-state index contributed by atoms with van der Waals surface area (Å²) in [6.45, 7) is 3.59. The summed E-state index contributed by atoms with van der Waals surface area (Å²) in [5, 5.41) is 10.8. The van der Waals surface area contributed by atoms with Crippen LogP contribution in [0.1, 0.15) is 46.8 Å². The molecule has 4 aromatic carbocycles. The zero-order valence-corrected chi connectivity index (χ0v) is 41.2. The van der Waals surface area contributed by atoms with Crippen LogP contribution >= 0.6 is 47.2 Å². The predicted octanol–water partition coefficient (Wildman–Crippen LogP) is 9.23. The molecular formula is C48H64Cl4N6O8. The van der Waals surface area contributed by atoms with Crippen molar-refractivity contribution >= 4 is 80.4 Å². The number of nitrogens with two attached hydrogens (primary N) is 2. The summed E-state index contributed by atoms with van der Waals surface area (Å²) in [6.07, 6.45) is 4.16. The van der Waals surface area contributed by atoms with Gasteiger partial charge in [-0.15, -0.1) is 12.4 Å². The summed E-state index contributed by atoms with van der Waals surface area (Å²) in [5.41, 5.74) is 18.1. The third-order valence-electron chi connectivity index (χ3n) is 9.83. The van der Waals surface area contributed by atoms with E-state index in [0.29, 0.717) is 38.6 Å². The number of rotatable bonds is 16. The number of aromatic nitrogens is 2. The van der Waals surface area contributed by atoms with Gasteiger partial charge >= 0.3 is 11.4 Å². The molecule has 0 saturated carbocycles. The molecule has 6 aromatic rings. The molecule has 7 rings (SSSR count). The van der Waals surface area contributed by atoms with Gasteiger partial charge in [-0.1, -0.05) is 83.9 Å². The van der Waals surface area contributed by atoms with E-state index >= 15 is 0 Å². The lowest BCUT2D eigenvalue weighted by atomic mass is 9.99. The van der Waals surface area contributed by atoms with Crippen LogP contribution in [-0.4, -0.2) is 95.6 Å². The molecule has 1 aliphatic rings. The van der Waals surface area contributed by atoms with Crippen LogP contribution in [0, 0.1) is 0 Å². The Bertz CT molecular complexity index is 2240. The van der Waals surface area contributed by atoms with Gasteiger partial charge in [-0.05, 0) is 91.6 Å². The molecule has 0 amide bonds. The number of halogens is 4. The molecule has 1 aliphatic heterocycles. The number of hydrogen-bond donors (Lipinski definition) is 6. The zero-order valence-electron chi connectivity index (χ0n) is 38.1. The van der Waals surface area contributed by atoms with Crippen LogP contribution in [0.4, 0.5) is 4.79 Å². The number of ether oxygens (including phenoxy) is 6. The standard InChI is InChI=1S/C13H16ClN3.C13H18O4.C10H11ClN2.C8H7ClO2.C4H11NO2.ClH/c1-15-7-12-13-9(4-5-16-12)10-6-8(14)2-3-11(10)17-13;1-15-13(16-2)9-8-12(14)17-10-11-6-4-3-5-7-11;11-8-1-2-10-9(5-8)7(3-4-12)6-13-10;9-8(10)11-6-7-4-2-1-3-5-7;1-6-4(3-5)7-2;/h2-3,6,12,15-17H,4-5,7H2,1H3;3-7,13H,8-10H2,1-2H3;1-2,5-6,13H,3-4,12H2;1-5H,6H2;4H,3,5H2,1-2H3;1H. The van der Waals surface area contributed by atoms with Crippen LogP contribution < -0.4 is 22.1 Å². The molecule has 0 spiro atoms. The quantitative estimate of drug-likeness (QED) is 0.0306. The van der Waals surface area contributed by atoms with Crippen molar-refractivity contribution < 1.29 is 38.0 Å². The molecule has 1 atom stereocenters. The Hall–Kier alpha value is -4.26. The summed E-state index contributed by atoms with van der Waals surface area (Å²) in [4.78, 5) is 28.3. The van der Waals surface area contributed by atoms with Crippen molar-refractivity contribution in [1.29, 1.82) is 0 Å². The van der Waals surface area contributed by atoms with Crippen LogP contribution in [0.5, 0.6) is 0 Å². The number of benzene rings is 4. The van der Waals surface area contributed by atoms with Crippen molar-refractivity contribution in [1.82, 2.24) is 20.6 Å². The van der Waals surface area contributed by atoms with Crippen molar-refractivity contribution in [3.8, 4) is 0 Å². The number of carbonyl (C=O) groups excluding carboxylic acids is 2. The maximum atomic E-state index is 11.4. The average molecular weight is 995 g/mol. The molecule has 362 valence electrons. The Morgan fingerprint density at radius 3 is 1.85 bits per heavy atom. The first kappa shape index (κ1) is 57.9. The fourth-order valence-electron chi connectivity index (χ4n) is 6.55. The molecule has 0 fully saturated rings. The third kappa shape index (κ3) is 20.7. The Balaban J connectivity index is 0.000000290. The van der Waals surface area contributed by atoms with Gasteiger partial charge in [0.2, 0.25) is 0 Å². The highest BCUT2D eigenvalue weighted by molar-refractivity contribution is 6.61. The minimum atomic E-state index is -0.770. The lowest BCUT2D eigenvalue weighted by molar-refractivity contribution is -0.150. The van der Waals surface area contributed by atoms with E-state index in [9.17, 15) is 9.59 Å². The second kappa shape index (κ2) is 33.3. The highest BCUT2D eigenvalue weighted by Gasteiger charge is 2.23. The van der Waals surface area contributed by atoms with Gasteiger partial charge in [0.25, 0.3) is 0 Å². The maximum absolute atomic E-state index is 11.4. The third-order valence-corrected chi connectivity index (χ3v) is 10.4. The molecule has 18 heteroatoms. The summed E-state index contributed by atoms with van der Waals surface area (Å²) in [7, 11) is 8.18. The first-order valence-corrected chi connectivity index (χ1v) is 22.1. The number of nitrogens with one attached hydrogen (secondary N) is 4. The number of aromatic amines is 2. The average Bonchev–Trinajstić information content (AvgIpc) is 3.91. The van der Waals surface area contributed by atoms with E-state index in [1.165, 1.54) is 33.1 Å². The van der Waals surface area contributed by atoms with Gasteiger partial charge in [0, 0.05) is 103 Å². The van der Waals surface area contributed by atoms with Crippen molar-refractivity contribution in [2.45, 2.75) is 57.5 Å². The minimum absolute atomic E-state index is 0. The normalized spacial score (nSPS) is 12.5. The van der Waals surface area contributed by atoms with E-state index in [1.807, 2.05) is 98.2 Å². The highest BCUT2D eigenvalue weighted by atomic mass is 35.5. The summed E-state index contributed by atoms with van der Waals surface area (Å²) in [5.74, 6) is -0.243. The fourth-order valence-corrected chi connectivity index (χ4v) is 6.95. The number of likely N-dealkylation sites (N-methyl/N-ethyl adjacent to an activating group) is 1. The van der Waals surface area contributed by atoms with Crippen molar-refractivity contribution in [3.63, 3.8) is 0 Å². The molecule has 1 unspecified atom stereocenters. The first-order valence-electron chi connectivity index (χ1n) is 21.0. The van der Waals surface area contributed by atoms with E-state index in [0.717, 1.165) is 52.6 Å². The number of carbonyl (C=O) groups is 2. The number of fused-ring (bicyclic) bond motifs is 4. The van der Waals surface area contributed by atoms with Gasteiger partial charge in [-0.25, -0.2) is 4.79 Å². The van der Waals surface area contributed by atoms with Crippen LogP contribution in [0.2, 0.25) is 10.0 Å². The Morgan fingerprint density at radius 2 is 1.33 bits per heavy atom. The SMILES string of the molecule is CNCC1NCCc2c1[nH]c1ccc(Cl)cc21.COC(CCC(=O)OCc1ccccc1)OC.COC(CN)OC.Cl.NCCc1c[nH]c2ccc(Cl)cc12.O=C(Cl)OCc1ccccc1. The molecule has 14 nitrogen and oxygen atoms in total. The Morgan fingerprint density at radius 1 is 0.773 bits per heavy atom. The summed E-state index contributed by atoms with van der Waals surface area (Å²) in [6, 6.07) is 31.2. The molecule has 3 heterocycles. The predicted molar refractivity (Wildman–Crippen MR) is 268 cm³/mol. The lowest BCUT2D eigenvalue weighted by Crippen LogP contribution is -2.35. The Labute approximate surface area is 409 Å². The van der Waals surface area contributed by atoms with Crippen LogP contribution in [0.25, 0.3) is 21.8 Å². The second-order valence-corrected chi connectivity index (χ2v) is 15.5. The molecule has 66 heavy (non-hydrogen) atoms. The van der Waals surface area contributed by atoms with Crippen LogP contribution in [-0.2, 0) is 59.3 Å². The van der Waals surface area contributed by atoms with Crippen LogP contribution in [0.3, 0.4) is 0 Å². The van der Waals surface area contributed by atoms with E-state index in [2.05, 4.69) is 37.5 Å². The summed E-state index contributed by atoms with van der Waals surface area (Å²) < 4.78 is 29.0. The van der Waals surface area contributed by atoms with Gasteiger partial charge in [0.05, 0.1) is 12.5 Å². The monoisotopic (exact) mass is 992 g/mol. The lowest BCUT2D eigenvalue weighted by Gasteiger charge is -2.24. The second-order valence-electron chi connectivity index (χ2n) is 14.3. The summed E-state index contributed by atoms with van der Waals surface area (Å²) >= 11 is 16.9.